The Morgan fingerprint density at radius 1 is 1.21 bits per heavy atom. The lowest BCUT2D eigenvalue weighted by atomic mass is 9.86. The Hall–Kier alpha value is -2.89. The molecule has 0 radical (unpaired) electrons. The van der Waals surface area contributed by atoms with Gasteiger partial charge in [-0.1, -0.05) is 18.2 Å². The zero-order valence-electron chi connectivity index (χ0n) is 13.9. The van der Waals surface area contributed by atoms with Crippen LogP contribution in [0, 0.1) is 13.8 Å². The summed E-state index contributed by atoms with van der Waals surface area (Å²) < 4.78 is 3.67. The van der Waals surface area contributed by atoms with Crippen LogP contribution in [0.25, 0.3) is 5.69 Å². The van der Waals surface area contributed by atoms with Crippen molar-refractivity contribution in [3.8, 4) is 5.69 Å². The summed E-state index contributed by atoms with van der Waals surface area (Å²) in [5, 5.41) is 11.9. The van der Waals surface area contributed by atoms with Crippen LogP contribution in [0.2, 0.25) is 0 Å². The Bertz CT molecular complexity index is 923. The number of nitrogens with one attached hydrogen (secondary N) is 1. The molecular weight excluding hydrogens is 302 g/mol. The van der Waals surface area contributed by atoms with E-state index in [4.69, 9.17) is 5.10 Å². The van der Waals surface area contributed by atoms with Crippen LogP contribution in [0.5, 0.6) is 0 Å². The van der Waals surface area contributed by atoms with Crippen molar-refractivity contribution in [2.75, 3.05) is 5.32 Å². The maximum atomic E-state index is 12.2. The number of carbonyl (C=O) groups is 1. The van der Waals surface area contributed by atoms with Gasteiger partial charge in [0.15, 0.2) is 0 Å². The minimum Gasteiger partial charge on any atom is -0.311 e. The molecule has 0 fully saturated rings. The third kappa shape index (κ3) is 2.14. The molecule has 122 valence electrons. The van der Waals surface area contributed by atoms with Crippen molar-refractivity contribution in [2.45, 2.75) is 26.2 Å². The lowest BCUT2D eigenvalue weighted by molar-refractivity contribution is -0.116. The second-order valence-corrected chi connectivity index (χ2v) is 6.21. The van der Waals surface area contributed by atoms with Crippen LogP contribution in [0.15, 0.2) is 36.5 Å². The second-order valence-electron chi connectivity index (χ2n) is 6.21. The molecule has 2 aromatic heterocycles. The molecule has 6 heteroatoms. The molecule has 3 heterocycles. The molecule has 6 nitrogen and oxygen atoms in total. The zero-order chi connectivity index (χ0) is 16.8. The predicted molar refractivity (Wildman–Crippen MR) is 91.3 cm³/mol. The molecule has 1 amide bonds. The Morgan fingerprint density at radius 2 is 1.96 bits per heavy atom. The summed E-state index contributed by atoms with van der Waals surface area (Å²) in [5.41, 5.74) is 5.20. The average Bonchev–Trinajstić information content (AvgIpc) is 3.08. The number of carbonyl (C=O) groups excluding carboxylic acids is 1. The van der Waals surface area contributed by atoms with E-state index in [2.05, 4.69) is 17.3 Å². The van der Waals surface area contributed by atoms with Gasteiger partial charge in [0.2, 0.25) is 5.91 Å². The Balaban J connectivity index is 1.86. The molecule has 1 aliphatic rings. The third-order valence-corrected chi connectivity index (χ3v) is 4.69. The summed E-state index contributed by atoms with van der Waals surface area (Å²) in [6, 6.07) is 10.1. The van der Waals surface area contributed by atoms with Crippen LogP contribution < -0.4 is 5.32 Å². The van der Waals surface area contributed by atoms with E-state index in [1.54, 1.807) is 4.68 Å². The van der Waals surface area contributed by atoms with Crippen LogP contribution in [-0.4, -0.2) is 25.5 Å². The summed E-state index contributed by atoms with van der Waals surface area (Å²) in [6.07, 6.45) is 2.26. The van der Waals surface area contributed by atoms with Crippen molar-refractivity contribution >= 4 is 11.7 Å². The van der Waals surface area contributed by atoms with Gasteiger partial charge >= 0.3 is 0 Å². The van der Waals surface area contributed by atoms with E-state index in [9.17, 15) is 4.79 Å². The van der Waals surface area contributed by atoms with Crippen LogP contribution in [-0.2, 0) is 11.8 Å². The fourth-order valence-electron chi connectivity index (χ4n) is 3.58. The molecule has 3 aromatic rings. The van der Waals surface area contributed by atoms with Gasteiger partial charge in [-0.3, -0.25) is 9.48 Å². The number of rotatable bonds is 2. The van der Waals surface area contributed by atoms with E-state index in [1.165, 1.54) is 0 Å². The van der Waals surface area contributed by atoms with E-state index in [0.29, 0.717) is 6.42 Å². The van der Waals surface area contributed by atoms with Crippen molar-refractivity contribution in [2.24, 2.45) is 7.05 Å². The number of benzene rings is 1. The van der Waals surface area contributed by atoms with Crippen molar-refractivity contribution < 1.29 is 4.79 Å². The topological polar surface area (TPSA) is 64.7 Å². The summed E-state index contributed by atoms with van der Waals surface area (Å²) >= 11 is 0. The fraction of sp³-hybridized carbons (Fsp3) is 0.278. The summed E-state index contributed by atoms with van der Waals surface area (Å²) in [7, 11) is 1.84. The average molecular weight is 321 g/mol. The molecule has 1 unspecified atom stereocenters. The van der Waals surface area contributed by atoms with Gasteiger partial charge in [0, 0.05) is 36.2 Å². The highest BCUT2D eigenvalue weighted by atomic mass is 16.1. The Labute approximate surface area is 140 Å². The monoisotopic (exact) mass is 321 g/mol. The molecular formula is C18H19N5O. The first kappa shape index (κ1) is 14.7. The van der Waals surface area contributed by atoms with E-state index in [1.807, 2.05) is 55.2 Å². The number of anilines is 1. The predicted octanol–water partition coefficient (Wildman–Crippen LogP) is 2.70. The van der Waals surface area contributed by atoms with E-state index < -0.39 is 0 Å². The Morgan fingerprint density at radius 3 is 2.71 bits per heavy atom. The number of amides is 1. The third-order valence-electron chi connectivity index (χ3n) is 4.69. The zero-order valence-corrected chi connectivity index (χ0v) is 13.9. The molecule has 4 rings (SSSR count). The highest BCUT2D eigenvalue weighted by molar-refractivity contribution is 5.94. The van der Waals surface area contributed by atoms with Crippen molar-refractivity contribution in [3.05, 3.63) is 59.0 Å². The number of aryl methyl sites for hydroxylation is 2. The number of fused-ring (bicyclic) bond motifs is 1. The molecule has 1 atom stereocenters. The van der Waals surface area contributed by atoms with Gasteiger partial charge in [0.05, 0.1) is 17.6 Å². The van der Waals surface area contributed by atoms with E-state index >= 15 is 0 Å². The number of para-hydroxylation sites is 1. The first-order valence-electron chi connectivity index (χ1n) is 7.99. The minimum absolute atomic E-state index is 0.0140. The van der Waals surface area contributed by atoms with Crippen LogP contribution in [0.1, 0.15) is 34.9 Å². The van der Waals surface area contributed by atoms with Crippen LogP contribution in [0.4, 0.5) is 5.82 Å². The molecule has 0 bridgehead atoms. The number of hydrogen-bond acceptors (Lipinski definition) is 3. The van der Waals surface area contributed by atoms with Crippen molar-refractivity contribution in [3.63, 3.8) is 0 Å². The van der Waals surface area contributed by atoms with Crippen LogP contribution in [0.3, 0.4) is 0 Å². The molecule has 1 aliphatic heterocycles. The molecule has 24 heavy (non-hydrogen) atoms. The van der Waals surface area contributed by atoms with Gasteiger partial charge in [0.1, 0.15) is 5.82 Å². The van der Waals surface area contributed by atoms with E-state index in [-0.39, 0.29) is 11.8 Å². The smallest absolute Gasteiger partial charge is 0.226 e. The molecule has 0 spiro atoms. The maximum absolute atomic E-state index is 12.2. The number of nitrogens with zero attached hydrogens (tertiary/aromatic N) is 4. The number of hydrogen-bond donors (Lipinski definition) is 1. The van der Waals surface area contributed by atoms with Gasteiger partial charge in [0.25, 0.3) is 0 Å². The van der Waals surface area contributed by atoms with Gasteiger partial charge in [-0.2, -0.15) is 10.2 Å². The normalized spacial score (nSPS) is 16.8. The Kier molecular flexibility index (Phi) is 3.26. The highest BCUT2D eigenvalue weighted by Crippen LogP contribution is 2.39. The second kappa shape index (κ2) is 5.33. The SMILES string of the molecule is Cc1nn(-c2ccccc2)c(C)c1C1CC(=O)Nc2c1cnn2C. The maximum Gasteiger partial charge on any atom is 0.226 e. The quantitative estimate of drug-likeness (QED) is 0.789. The summed E-state index contributed by atoms with van der Waals surface area (Å²) in [6.45, 7) is 4.06. The standard InChI is InChI=1S/C18H19N5O/c1-11-17(12(2)23(21-11)13-7-5-4-6-8-13)14-9-16(24)20-18-15(14)10-19-22(18)3/h4-8,10,14H,9H2,1-3H3,(H,20,24). The van der Waals surface area contributed by atoms with E-state index in [0.717, 1.165) is 34.0 Å². The molecule has 0 aliphatic carbocycles. The van der Waals surface area contributed by atoms with Crippen molar-refractivity contribution in [1.29, 1.82) is 0 Å². The van der Waals surface area contributed by atoms with Crippen molar-refractivity contribution in [1.82, 2.24) is 19.6 Å². The molecule has 0 saturated heterocycles. The van der Waals surface area contributed by atoms with Gasteiger partial charge < -0.3 is 5.32 Å². The molecule has 0 saturated carbocycles. The fourth-order valence-corrected chi connectivity index (χ4v) is 3.58. The lowest BCUT2D eigenvalue weighted by Gasteiger charge is -2.23. The highest BCUT2D eigenvalue weighted by Gasteiger charge is 2.33. The first-order valence-corrected chi connectivity index (χ1v) is 7.99. The van der Waals surface area contributed by atoms with Crippen LogP contribution >= 0.6 is 0 Å². The number of aromatic nitrogens is 4. The molecule has 1 aromatic carbocycles. The van der Waals surface area contributed by atoms with Gasteiger partial charge in [-0.15, -0.1) is 0 Å². The first-order chi connectivity index (χ1) is 11.6. The largest absolute Gasteiger partial charge is 0.311 e. The lowest BCUT2D eigenvalue weighted by Crippen LogP contribution is -2.24. The van der Waals surface area contributed by atoms with Gasteiger partial charge in [-0.25, -0.2) is 4.68 Å². The van der Waals surface area contributed by atoms with Gasteiger partial charge in [-0.05, 0) is 26.0 Å². The summed E-state index contributed by atoms with van der Waals surface area (Å²) in [4.78, 5) is 12.2. The minimum atomic E-state index is -0.0140. The summed E-state index contributed by atoms with van der Waals surface area (Å²) in [5.74, 6) is 0.782. The molecule has 1 N–H and O–H groups in total.